The fourth-order valence-corrected chi connectivity index (χ4v) is 3.58. The number of nitrogens with zero attached hydrogens (tertiary/aromatic N) is 3. The lowest BCUT2D eigenvalue weighted by Crippen LogP contribution is -2.32. The highest BCUT2D eigenvalue weighted by atomic mass is 16.5. The number of ether oxygens (including phenoxy) is 1. The molecule has 1 fully saturated rings. The first-order chi connectivity index (χ1) is 13.2. The van der Waals surface area contributed by atoms with E-state index < -0.39 is 0 Å². The molecule has 1 N–H and O–H groups in total. The lowest BCUT2D eigenvalue weighted by molar-refractivity contribution is 0.0485. The largest absolute Gasteiger partial charge is 0.381 e. The topological polar surface area (TPSA) is 73.1 Å². The van der Waals surface area contributed by atoms with Gasteiger partial charge in [0.05, 0.1) is 11.6 Å². The summed E-state index contributed by atoms with van der Waals surface area (Å²) >= 11 is 0. The van der Waals surface area contributed by atoms with Crippen molar-refractivity contribution in [1.29, 1.82) is 0 Å². The molecule has 1 aliphatic heterocycles. The van der Waals surface area contributed by atoms with Gasteiger partial charge in [-0.1, -0.05) is 31.1 Å². The van der Waals surface area contributed by atoms with E-state index in [-0.39, 0.29) is 12.0 Å². The van der Waals surface area contributed by atoms with E-state index in [0.29, 0.717) is 11.8 Å². The zero-order valence-electron chi connectivity index (χ0n) is 15.9. The van der Waals surface area contributed by atoms with Crippen LogP contribution in [0.15, 0.2) is 41.1 Å². The van der Waals surface area contributed by atoms with Crippen LogP contribution in [-0.4, -0.2) is 28.3 Å². The van der Waals surface area contributed by atoms with Crippen LogP contribution in [0.4, 0.5) is 0 Å². The van der Waals surface area contributed by atoms with Crippen LogP contribution in [0.3, 0.4) is 0 Å². The maximum Gasteiger partial charge on any atom is 0.244 e. The summed E-state index contributed by atoms with van der Waals surface area (Å²) in [4.78, 5) is 9.05. The first-order valence-electron chi connectivity index (χ1n) is 9.69. The number of hydrogen-bond donors (Lipinski definition) is 1. The van der Waals surface area contributed by atoms with Crippen LogP contribution in [0.25, 0.3) is 10.9 Å². The zero-order chi connectivity index (χ0) is 18.6. The Hall–Kier alpha value is -2.31. The van der Waals surface area contributed by atoms with Crippen LogP contribution < -0.4 is 5.32 Å². The molecule has 0 unspecified atom stereocenters. The molecule has 4 rings (SSSR count). The SMILES string of the molecule is CC(C)c1noc([C@H](NCc2ccc3ncccc3c2)C2CCOCC2)n1. The molecule has 142 valence electrons. The van der Waals surface area contributed by atoms with Crippen molar-refractivity contribution in [2.45, 2.75) is 45.2 Å². The van der Waals surface area contributed by atoms with Gasteiger partial charge in [-0.15, -0.1) is 0 Å². The number of benzene rings is 1. The van der Waals surface area contributed by atoms with Crippen molar-refractivity contribution < 1.29 is 9.26 Å². The number of fused-ring (bicyclic) bond motifs is 1. The molecule has 3 aromatic rings. The second-order valence-corrected chi connectivity index (χ2v) is 7.48. The smallest absolute Gasteiger partial charge is 0.244 e. The Labute approximate surface area is 159 Å². The van der Waals surface area contributed by atoms with Crippen molar-refractivity contribution in [1.82, 2.24) is 20.4 Å². The summed E-state index contributed by atoms with van der Waals surface area (Å²) in [6, 6.07) is 10.5. The van der Waals surface area contributed by atoms with Crippen LogP contribution in [0.1, 0.15) is 55.9 Å². The van der Waals surface area contributed by atoms with Crippen LogP contribution in [0.2, 0.25) is 0 Å². The Morgan fingerprint density at radius 1 is 1.19 bits per heavy atom. The molecule has 0 aliphatic carbocycles. The third kappa shape index (κ3) is 4.17. The Balaban J connectivity index is 1.53. The highest BCUT2D eigenvalue weighted by Gasteiger charge is 2.30. The summed E-state index contributed by atoms with van der Waals surface area (Å²) in [5.41, 5.74) is 2.23. The molecule has 1 aliphatic rings. The molecule has 0 amide bonds. The number of rotatable bonds is 6. The molecule has 1 aromatic carbocycles. The zero-order valence-corrected chi connectivity index (χ0v) is 15.9. The Bertz CT molecular complexity index is 887. The molecule has 6 heteroatoms. The standard InChI is InChI=1S/C21H26N4O2/c1-14(2)20-24-21(27-25-20)19(16-7-10-26-11-8-16)23-13-15-5-6-18-17(12-15)4-3-9-22-18/h3-6,9,12,14,16,19,23H,7-8,10-11,13H2,1-2H3/t19-/m1/s1. The summed E-state index contributed by atoms with van der Waals surface area (Å²) in [5, 5.41) is 8.98. The molecule has 0 radical (unpaired) electrons. The average molecular weight is 366 g/mol. The second-order valence-electron chi connectivity index (χ2n) is 7.48. The molecule has 27 heavy (non-hydrogen) atoms. The van der Waals surface area contributed by atoms with Crippen molar-refractivity contribution in [3.8, 4) is 0 Å². The average Bonchev–Trinajstić information content (AvgIpc) is 3.19. The van der Waals surface area contributed by atoms with Gasteiger partial charge in [0.1, 0.15) is 0 Å². The number of nitrogens with one attached hydrogen (secondary N) is 1. The van der Waals surface area contributed by atoms with E-state index in [0.717, 1.165) is 49.3 Å². The fraction of sp³-hybridized carbons (Fsp3) is 0.476. The summed E-state index contributed by atoms with van der Waals surface area (Å²) < 4.78 is 11.2. The monoisotopic (exact) mass is 366 g/mol. The van der Waals surface area contributed by atoms with Gasteiger partial charge in [0, 0.05) is 37.3 Å². The predicted molar refractivity (Wildman–Crippen MR) is 103 cm³/mol. The molecule has 6 nitrogen and oxygen atoms in total. The lowest BCUT2D eigenvalue weighted by atomic mass is 9.91. The third-order valence-electron chi connectivity index (χ3n) is 5.17. The summed E-state index contributed by atoms with van der Waals surface area (Å²) in [6.45, 7) is 6.47. The van der Waals surface area contributed by atoms with E-state index in [1.54, 1.807) is 0 Å². The van der Waals surface area contributed by atoms with E-state index in [9.17, 15) is 0 Å². The van der Waals surface area contributed by atoms with Crippen molar-refractivity contribution in [2.24, 2.45) is 5.92 Å². The van der Waals surface area contributed by atoms with Crippen LogP contribution in [0.5, 0.6) is 0 Å². The first-order valence-corrected chi connectivity index (χ1v) is 9.69. The first kappa shape index (κ1) is 18.1. The van der Waals surface area contributed by atoms with Gasteiger partial charge in [-0.3, -0.25) is 4.98 Å². The number of hydrogen-bond acceptors (Lipinski definition) is 6. The summed E-state index contributed by atoms with van der Waals surface area (Å²) in [6.07, 6.45) is 3.82. The van der Waals surface area contributed by atoms with Gasteiger partial charge in [-0.25, -0.2) is 0 Å². The molecule has 1 saturated heterocycles. The molecular formula is C21H26N4O2. The van der Waals surface area contributed by atoms with Gasteiger partial charge >= 0.3 is 0 Å². The number of pyridine rings is 1. The van der Waals surface area contributed by atoms with Crippen LogP contribution >= 0.6 is 0 Å². The lowest BCUT2D eigenvalue weighted by Gasteiger charge is -2.28. The Kier molecular flexibility index (Phi) is 5.45. The second kappa shape index (κ2) is 8.15. The summed E-state index contributed by atoms with van der Waals surface area (Å²) in [7, 11) is 0. The highest BCUT2D eigenvalue weighted by molar-refractivity contribution is 5.78. The Morgan fingerprint density at radius 3 is 2.81 bits per heavy atom. The molecule has 3 heterocycles. The van der Waals surface area contributed by atoms with Gasteiger partial charge in [0.2, 0.25) is 5.89 Å². The van der Waals surface area contributed by atoms with Gasteiger partial charge in [0.25, 0.3) is 0 Å². The van der Waals surface area contributed by atoms with Crippen molar-refractivity contribution in [3.05, 3.63) is 53.8 Å². The van der Waals surface area contributed by atoms with E-state index in [4.69, 9.17) is 9.26 Å². The van der Waals surface area contributed by atoms with Gasteiger partial charge in [0.15, 0.2) is 5.82 Å². The molecule has 0 saturated carbocycles. The van der Waals surface area contributed by atoms with Gasteiger partial charge in [-0.05, 0) is 42.5 Å². The minimum Gasteiger partial charge on any atom is -0.381 e. The molecule has 0 bridgehead atoms. The van der Waals surface area contributed by atoms with E-state index in [1.807, 2.05) is 12.3 Å². The van der Waals surface area contributed by atoms with Gasteiger partial charge in [-0.2, -0.15) is 4.98 Å². The highest BCUT2D eigenvalue weighted by Crippen LogP contribution is 2.30. The maximum absolute atomic E-state index is 5.63. The van der Waals surface area contributed by atoms with Crippen molar-refractivity contribution in [2.75, 3.05) is 13.2 Å². The van der Waals surface area contributed by atoms with E-state index in [2.05, 4.69) is 58.6 Å². The van der Waals surface area contributed by atoms with Gasteiger partial charge < -0.3 is 14.6 Å². The maximum atomic E-state index is 5.63. The predicted octanol–water partition coefficient (Wildman–Crippen LogP) is 4.00. The van der Waals surface area contributed by atoms with Crippen LogP contribution in [0, 0.1) is 5.92 Å². The normalized spacial score (nSPS) is 16.9. The van der Waals surface area contributed by atoms with E-state index >= 15 is 0 Å². The van der Waals surface area contributed by atoms with Crippen molar-refractivity contribution >= 4 is 10.9 Å². The molecule has 1 atom stereocenters. The van der Waals surface area contributed by atoms with Crippen molar-refractivity contribution in [3.63, 3.8) is 0 Å². The van der Waals surface area contributed by atoms with E-state index in [1.165, 1.54) is 5.56 Å². The molecular weight excluding hydrogens is 340 g/mol. The molecule has 0 spiro atoms. The third-order valence-corrected chi connectivity index (χ3v) is 5.17. The fourth-order valence-electron chi connectivity index (χ4n) is 3.58. The number of aromatic nitrogens is 3. The minimum atomic E-state index is 0.0403. The quantitative estimate of drug-likeness (QED) is 0.711. The van der Waals surface area contributed by atoms with Crippen LogP contribution in [-0.2, 0) is 11.3 Å². The molecule has 2 aromatic heterocycles. The summed E-state index contributed by atoms with van der Waals surface area (Å²) in [5.74, 6) is 2.14. The minimum absolute atomic E-state index is 0.0403. The Morgan fingerprint density at radius 2 is 2.04 bits per heavy atom.